The lowest BCUT2D eigenvalue weighted by atomic mass is 10.1. The van der Waals surface area contributed by atoms with Gasteiger partial charge in [0.2, 0.25) is 0 Å². The molecule has 1 rings (SSSR count). The summed E-state index contributed by atoms with van der Waals surface area (Å²) in [6, 6.07) is 7.35. The Labute approximate surface area is 83.3 Å². The molecule has 1 atom stereocenters. The van der Waals surface area contributed by atoms with Crippen molar-refractivity contribution in [2.45, 2.75) is 26.6 Å². The van der Waals surface area contributed by atoms with Gasteiger partial charge in [0.15, 0.2) is 0 Å². The summed E-state index contributed by atoms with van der Waals surface area (Å²) < 4.78 is 5.02. The van der Waals surface area contributed by atoms with Crippen LogP contribution in [0, 0.1) is 0 Å². The Balaban J connectivity index is 2.78. The zero-order valence-electron chi connectivity index (χ0n) is 8.36. The number of hydrogen-bond donors (Lipinski definition) is 1. The van der Waals surface area contributed by atoms with E-state index in [4.69, 9.17) is 9.84 Å². The maximum atomic E-state index is 10.7. The number of carbonyl (C=O) groups excluding carboxylic acids is 1. The highest BCUT2D eigenvalue weighted by atomic mass is 16.5. The van der Waals surface area contributed by atoms with Crippen molar-refractivity contribution in [3.05, 3.63) is 35.4 Å². The van der Waals surface area contributed by atoms with Crippen molar-refractivity contribution < 1.29 is 14.6 Å². The van der Waals surface area contributed by atoms with E-state index in [2.05, 4.69) is 0 Å². The highest BCUT2D eigenvalue weighted by Gasteiger charge is 2.08. The number of aliphatic hydroxyl groups excluding tert-OH is 1. The van der Waals surface area contributed by atoms with Crippen molar-refractivity contribution in [2.75, 3.05) is 0 Å². The Hall–Kier alpha value is -1.35. The number of hydrogen-bond acceptors (Lipinski definition) is 3. The molecule has 0 fully saturated rings. The highest BCUT2D eigenvalue weighted by Crippen LogP contribution is 2.17. The lowest BCUT2D eigenvalue weighted by Crippen LogP contribution is -2.05. The molecule has 0 aliphatic heterocycles. The van der Waals surface area contributed by atoms with Crippen LogP contribution in [0.2, 0.25) is 0 Å². The molecule has 0 saturated heterocycles. The van der Waals surface area contributed by atoms with E-state index in [-0.39, 0.29) is 18.7 Å². The van der Waals surface area contributed by atoms with E-state index in [0.29, 0.717) is 0 Å². The molecule has 0 unspecified atom stereocenters. The molecule has 1 N–H and O–H groups in total. The second-order valence-electron chi connectivity index (χ2n) is 3.15. The van der Waals surface area contributed by atoms with Crippen LogP contribution in [-0.2, 0) is 16.1 Å². The monoisotopic (exact) mass is 194 g/mol. The fourth-order valence-electron chi connectivity index (χ4n) is 1.26. The molecule has 1 aromatic carbocycles. The third-order valence-corrected chi connectivity index (χ3v) is 1.95. The molecular formula is C11H14O3. The maximum absolute atomic E-state index is 10.7. The molecule has 0 saturated carbocycles. The van der Waals surface area contributed by atoms with Gasteiger partial charge in [-0.3, -0.25) is 4.79 Å². The molecule has 76 valence electrons. The van der Waals surface area contributed by atoms with Gasteiger partial charge in [0, 0.05) is 6.92 Å². The molecule has 0 aliphatic rings. The predicted molar refractivity (Wildman–Crippen MR) is 52.5 cm³/mol. The molecule has 0 heterocycles. The van der Waals surface area contributed by atoms with Gasteiger partial charge >= 0.3 is 5.97 Å². The van der Waals surface area contributed by atoms with Crippen LogP contribution in [-0.4, -0.2) is 11.1 Å². The van der Waals surface area contributed by atoms with Crippen molar-refractivity contribution >= 4 is 5.97 Å². The van der Waals surface area contributed by atoms with Gasteiger partial charge in [-0.25, -0.2) is 0 Å². The first-order valence-corrected chi connectivity index (χ1v) is 4.50. The summed E-state index contributed by atoms with van der Waals surface area (Å²) in [4.78, 5) is 10.7. The first kappa shape index (κ1) is 10.7. The van der Waals surface area contributed by atoms with Gasteiger partial charge in [0.1, 0.15) is 6.10 Å². The quantitative estimate of drug-likeness (QED) is 0.746. The Morgan fingerprint density at radius 2 is 2.29 bits per heavy atom. The third kappa shape index (κ3) is 2.85. The lowest BCUT2D eigenvalue weighted by molar-refractivity contribution is -0.145. The smallest absolute Gasteiger partial charge is 0.303 e. The third-order valence-electron chi connectivity index (χ3n) is 1.95. The van der Waals surface area contributed by atoms with Crippen LogP contribution >= 0.6 is 0 Å². The van der Waals surface area contributed by atoms with E-state index in [1.165, 1.54) is 6.92 Å². The van der Waals surface area contributed by atoms with Crippen molar-refractivity contribution in [1.82, 2.24) is 0 Å². The number of aliphatic hydroxyl groups is 1. The second kappa shape index (κ2) is 4.77. The minimum Gasteiger partial charge on any atom is -0.458 e. The predicted octanol–water partition coefficient (Wildman–Crippen LogP) is 1.80. The van der Waals surface area contributed by atoms with Crippen LogP contribution < -0.4 is 0 Å². The summed E-state index contributed by atoms with van der Waals surface area (Å²) in [7, 11) is 0. The molecule has 0 spiro atoms. The molecule has 1 aromatic rings. The zero-order chi connectivity index (χ0) is 10.6. The molecule has 0 amide bonds. The second-order valence-corrected chi connectivity index (χ2v) is 3.15. The van der Waals surface area contributed by atoms with Gasteiger partial charge in [0.25, 0.3) is 0 Å². The number of ether oxygens (including phenoxy) is 1. The van der Waals surface area contributed by atoms with E-state index in [1.807, 2.05) is 24.3 Å². The van der Waals surface area contributed by atoms with Gasteiger partial charge in [-0.2, -0.15) is 0 Å². The molecule has 0 bridgehead atoms. The number of esters is 1. The fourth-order valence-corrected chi connectivity index (χ4v) is 1.26. The van der Waals surface area contributed by atoms with Crippen LogP contribution in [0.1, 0.15) is 31.1 Å². The first-order chi connectivity index (χ1) is 6.63. The molecule has 0 aliphatic carbocycles. The van der Waals surface area contributed by atoms with Crippen LogP contribution in [0.25, 0.3) is 0 Å². The van der Waals surface area contributed by atoms with E-state index in [1.54, 1.807) is 6.92 Å². The normalized spacial score (nSPS) is 12.2. The molecular weight excluding hydrogens is 180 g/mol. The lowest BCUT2D eigenvalue weighted by Gasteiger charge is -2.12. The molecule has 3 heteroatoms. The van der Waals surface area contributed by atoms with Crippen molar-refractivity contribution in [1.29, 1.82) is 0 Å². The highest BCUT2D eigenvalue weighted by molar-refractivity contribution is 5.66. The van der Waals surface area contributed by atoms with Crippen molar-refractivity contribution in [2.24, 2.45) is 0 Å². The van der Waals surface area contributed by atoms with Gasteiger partial charge in [-0.05, 0) is 24.1 Å². The summed E-state index contributed by atoms with van der Waals surface area (Å²) in [5.41, 5.74) is 1.72. The Bertz CT molecular complexity index is 320. The van der Waals surface area contributed by atoms with Gasteiger partial charge in [-0.1, -0.05) is 18.2 Å². The van der Waals surface area contributed by atoms with Crippen molar-refractivity contribution in [3.63, 3.8) is 0 Å². The van der Waals surface area contributed by atoms with Gasteiger partial charge < -0.3 is 9.84 Å². The summed E-state index contributed by atoms with van der Waals surface area (Å²) in [6.45, 7) is 3.19. The van der Waals surface area contributed by atoms with Crippen LogP contribution in [0.15, 0.2) is 24.3 Å². The number of rotatable bonds is 3. The largest absolute Gasteiger partial charge is 0.458 e. The van der Waals surface area contributed by atoms with Crippen LogP contribution in [0.5, 0.6) is 0 Å². The van der Waals surface area contributed by atoms with E-state index < -0.39 is 0 Å². The average molecular weight is 194 g/mol. The topological polar surface area (TPSA) is 46.5 Å². The first-order valence-electron chi connectivity index (χ1n) is 4.50. The summed E-state index contributed by atoms with van der Waals surface area (Å²) >= 11 is 0. The number of carbonyl (C=O) groups is 1. The SMILES string of the molecule is CC(=O)O[C@@H](C)c1cccc(CO)c1. The summed E-state index contributed by atoms with van der Waals surface area (Å²) in [5, 5.41) is 8.92. The van der Waals surface area contributed by atoms with E-state index >= 15 is 0 Å². The standard InChI is InChI=1S/C11H14O3/c1-8(14-9(2)13)11-5-3-4-10(6-11)7-12/h3-6,8,12H,7H2,1-2H3/t8-/m0/s1. The van der Waals surface area contributed by atoms with E-state index in [9.17, 15) is 4.79 Å². The summed E-state index contributed by atoms with van der Waals surface area (Å²) in [5.74, 6) is -0.299. The molecule has 3 nitrogen and oxygen atoms in total. The van der Waals surface area contributed by atoms with Gasteiger partial charge in [-0.15, -0.1) is 0 Å². The molecule has 0 radical (unpaired) electrons. The average Bonchev–Trinajstić information content (AvgIpc) is 2.17. The van der Waals surface area contributed by atoms with Crippen molar-refractivity contribution in [3.8, 4) is 0 Å². The minimum atomic E-state index is -0.299. The Kier molecular flexibility index (Phi) is 3.65. The van der Waals surface area contributed by atoms with Crippen LogP contribution in [0.3, 0.4) is 0 Å². The number of benzene rings is 1. The van der Waals surface area contributed by atoms with E-state index in [0.717, 1.165) is 11.1 Å². The fraction of sp³-hybridized carbons (Fsp3) is 0.364. The molecule has 14 heavy (non-hydrogen) atoms. The Morgan fingerprint density at radius 1 is 1.57 bits per heavy atom. The van der Waals surface area contributed by atoms with Crippen LogP contribution in [0.4, 0.5) is 0 Å². The molecule has 0 aromatic heterocycles. The Morgan fingerprint density at radius 3 is 2.86 bits per heavy atom. The zero-order valence-corrected chi connectivity index (χ0v) is 8.36. The maximum Gasteiger partial charge on any atom is 0.303 e. The summed E-state index contributed by atoms with van der Waals surface area (Å²) in [6.07, 6.45) is -0.265. The minimum absolute atomic E-state index is 0.000626. The van der Waals surface area contributed by atoms with Gasteiger partial charge in [0.05, 0.1) is 6.61 Å².